The predicted octanol–water partition coefficient (Wildman–Crippen LogP) is 14.3. The zero-order chi connectivity index (χ0) is 38.2. The molecule has 0 atom stereocenters. The Hall–Kier alpha value is -7.47. The molecule has 12 aromatic rings. The molecule has 12 rings (SSSR count). The molecule has 5 heteroatoms. The number of hydrogen-bond acceptors (Lipinski definition) is 4. The van der Waals surface area contributed by atoms with E-state index in [2.05, 4.69) is 180 Å². The zero-order valence-corrected chi connectivity index (χ0v) is 32.0. The van der Waals surface area contributed by atoms with Crippen LogP contribution in [0.3, 0.4) is 0 Å². The summed E-state index contributed by atoms with van der Waals surface area (Å²) in [5, 5.41) is 10.1. The van der Waals surface area contributed by atoms with Gasteiger partial charge in [0.05, 0.1) is 11.0 Å². The van der Waals surface area contributed by atoms with Gasteiger partial charge in [0, 0.05) is 53.3 Å². The lowest BCUT2D eigenvalue weighted by Gasteiger charge is -2.11. The predicted molar refractivity (Wildman–Crippen MR) is 244 cm³/mol. The number of thiophene rings is 1. The topological polar surface area (TPSA) is 43.6 Å². The molecule has 0 amide bonds. The monoisotopic (exact) mass is 756 g/mol. The van der Waals surface area contributed by atoms with Crippen LogP contribution in [0.1, 0.15) is 0 Å². The Morgan fingerprint density at radius 1 is 0.345 bits per heavy atom. The summed E-state index contributed by atoms with van der Waals surface area (Å²) in [5.41, 5.74) is 8.72. The summed E-state index contributed by atoms with van der Waals surface area (Å²) in [6, 6.07) is 69.2. The molecule has 0 aliphatic rings. The SMILES string of the molecule is c1ccc(-c2nc(-c3ccc(-c4ccc(-n5c6ccc7ccccc7c6c6c7ccccc7ccc65)cc4)cc3)nc(-c3cccc4c3sc3ccccc34)n2)cc1. The number of benzene rings is 9. The Morgan fingerprint density at radius 3 is 1.50 bits per heavy atom. The van der Waals surface area contributed by atoms with Gasteiger partial charge in [0.2, 0.25) is 0 Å². The first-order valence-corrected chi connectivity index (χ1v) is 20.3. The van der Waals surface area contributed by atoms with Crippen molar-refractivity contribution in [2.45, 2.75) is 0 Å². The first-order chi connectivity index (χ1) is 28.7. The van der Waals surface area contributed by atoms with Gasteiger partial charge >= 0.3 is 0 Å². The van der Waals surface area contributed by atoms with Gasteiger partial charge in [-0.15, -0.1) is 11.3 Å². The average Bonchev–Trinajstić information content (AvgIpc) is 3.86. The van der Waals surface area contributed by atoms with Crippen LogP contribution in [0.5, 0.6) is 0 Å². The summed E-state index contributed by atoms with van der Waals surface area (Å²) in [5.74, 6) is 1.98. The van der Waals surface area contributed by atoms with E-state index in [4.69, 9.17) is 15.0 Å². The highest BCUT2D eigenvalue weighted by molar-refractivity contribution is 7.26. The summed E-state index contributed by atoms with van der Waals surface area (Å²) in [7, 11) is 0. The highest BCUT2D eigenvalue weighted by atomic mass is 32.1. The molecule has 0 saturated heterocycles. The zero-order valence-electron chi connectivity index (χ0n) is 31.2. The van der Waals surface area contributed by atoms with Crippen LogP contribution in [0.2, 0.25) is 0 Å². The van der Waals surface area contributed by atoms with Gasteiger partial charge < -0.3 is 4.57 Å². The van der Waals surface area contributed by atoms with Crippen molar-refractivity contribution in [3.63, 3.8) is 0 Å². The minimum atomic E-state index is 0.648. The molecule has 0 aliphatic carbocycles. The second-order valence-corrected chi connectivity index (χ2v) is 15.8. The molecule has 0 bridgehead atoms. The second kappa shape index (κ2) is 13.1. The molecule has 0 fully saturated rings. The number of rotatable bonds is 5. The molecule has 0 unspecified atom stereocenters. The van der Waals surface area contributed by atoms with E-state index in [1.54, 1.807) is 11.3 Å². The minimum Gasteiger partial charge on any atom is -0.309 e. The van der Waals surface area contributed by atoms with Crippen LogP contribution in [0.25, 0.3) is 115 Å². The van der Waals surface area contributed by atoms with E-state index in [1.165, 1.54) is 63.5 Å². The van der Waals surface area contributed by atoms with Gasteiger partial charge in [-0.2, -0.15) is 0 Å². The Labute approximate surface area is 338 Å². The molecular weight excluding hydrogens is 725 g/mol. The molecule has 0 saturated carbocycles. The van der Waals surface area contributed by atoms with E-state index >= 15 is 0 Å². The van der Waals surface area contributed by atoms with Crippen LogP contribution in [0.15, 0.2) is 194 Å². The molecular formula is C53H32N4S. The smallest absolute Gasteiger partial charge is 0.165 e. The van der Waals surface area contributed by atoms with Crippen LogP contribution in [-0.4, -0.2) is 19.5 Å². The van der Waals surface area contributed by atoms with Crippen molar-refractivity contribution in [2.75, 3.05) is 0 Å². The number of aromatic nitrogens is 4. The molecule has 0 spiro atoms. The van der Waals surface area contributed by atoms with E-state index in [0.717, 1.165) is 33.5 Å². The normalized spacial score (nSPS) is 11.8. The lowest BCUT2D eigenvalue weighted by Crippen LogP contribution is -2.00. The van der Waals surface area contributed by atoms with Gasteiger partial charge in [-0.3, -0.25) is 0 Å². The second-order valence-electron chi connectivity index (χ2n) is 14.8. The fourth-order valence-corrected chi connectivity index (χ4v) is 9.92. The number of fused-ring (bicyclic) bond motifs is 10. The van der Waals surface area contributed by atoms with Gasteiger partial charge in [0.15, 0.2) is 17.5 Å². The van der Waals surface area contributed by atoms with E-state index in [-0.39, 0.29) is 0 Å². The lowest BCUT2D eigenvalue weighted by atomic mass is 10.00. The van der Waals surface area contributed by atoms with Crippen molar-refractivity contribution in [1.82, 2.24) is 19.5 Å². The quantitative estimate of drug-likeness (QED) is 0.176. The summed E-state index contributed by atoms with van der Waals surface area (Å²) in [4.78, 5) is 15.2. The molecule has 270 valence electrons. The molecule has 58 heavy (non-hydrogen) atoms. The van der Waals surface area contributed by atoms with Crippen molar-refractivity contribution in [3.8, 4) is 51.0 Å². The van der Waals surface area contributed by atoms with Gasteiger partial charge in [-0.1, -0.05) is 158 Å². The Kier molecular flexibility index (Phi) is 7.37. The third-order valence-corrected chi connectivity index (χ3v) is 12.7. The van der Waals surface area contributed by atoms with Gasteiger partial charge in [-0.25, -0.2) is 15.0 Å². The van der Waals surface area contributed by atoms with Gasteiger partial charge in [0.1, 0.15) is 0 Å². The van der Waals surface area contributed by atoms with Crippen molar-refractivity contribution in [3.05, 3.63) is 194 Å². The van der Waals surface area contributed by atoms with Crippen LogP contribution in [0.4, 0.5) is 0 Å². The Bertz CT molecular complexity index is 3450. The Balaban J connectivity index is 0.942. The standard InChI is InChI=1S/C53H32N4S/c1-2-13-37(14-3-1)51-54-52(56-53(55-51)44-19-10-18-43-42-17-8-9-20-47(42)58-50(43)44)38-23-21-33(22-24-38)34-25-29-39(30-26-34)57-45-31-27-35-11-4-6-15-40(35)48(45)49-41-16-7-5-12-36(41)28-32-46(49)57/h1-32H. The van der Waals surface area contributed by atoms with Crippen molar-refractivity contribution < 1.29 is 0 Å². The van der Waals surface area contributed by atoms with Crippen LogP contribution < -0.4 is 0 Å². The van der Waals surface area contributed by atoms with E-state index in [9.17, 15) is 0 Å². The molecule has 3 heterocycles. The molecule has 0 aliphatic heterocycles. The fraction of sp³-hybridized carbons (Fsp3) is 0. The molecule has 4 nitrogen and oxygen atoms in total. The number of nitrogens with zero attached hydrogens (tertiary/aromatic N) is 4. The number of hydrogen-bond donors (Lipinski definition) is 0. The van der Waals surface area contributed by atoms with Gasteiger partial charge in [-0.05, 0) is 69.1 Å². The maximum atomic E-state index is 5.13. The van der Waals surface area contributed by atoms with Crippen LogP contribution >= 0.6 is 11.3 Å². The summed E-state index contributed by atoms with van der Waals surface area (Å²) >= 11 is 1.79. The maximum absolute atomic E-state index is 5.13. The first-order valence-electron chi connectivity index (χ1n) is 19.5. The first kappa shape index (κ1) is 32.7. The highest BCUT2D eigenvalue weighted by Crippen LogP contribution is 2.42. The molecule has 0 radical (unpaired) electrons. The van der Waals surface area contributed by atoms with Crippen molar-refractivity contribution >= 4 is 74.9 Å². The lowest BCUT2D eigenvalue weighted by molar-refractivity contribution is 1.08. The summed E-state index contributed by atoms with van der Waals surface area (Å²) in [6.07, 6.45) is 0. The third-order valence-electron chi connectivity index (χ3n) is 11.5. The minimum absolute atomic E-state index is 0.648. The van der Waals surface area contributed by atoms with Crippen LogP contribution in [0, 0.1) is 0 Å². The van der Waals surface area contributed by atoms with Crippen molar-refractivity contribution in [2.24, 2.45) is 0 Å². The Morgan fingerprint density at radius 2 is 0.845 bits per heavy atom. The van der Waals surface area contributed by atoms with E-state index < -0.39 is 0 Å². The fourth-order valence-electron chi connectivity index (χ4n) is 8.71. The highest BCUT2D eigenvalue weighted by Gasteiger charge is 2.19. The molecule has 9 aromatic carbocycles. The van der Waals surface area contributed by atoms with E-state index in [1.807, 2.05) is 18.2 Å². The van der Waals surface area contributed by atoms with E-state index in [0.29, 0.717) is 17.5 Å². The summed E-state index contributed by atoms with van der Waals surface area (Å²) < 4.78 is 4.85. The van der Waals surface area contributed by atoms with Crippen LogP contribution in [-0.2, 0) is 0 Å². The third kappa shape index (κ3) is 5.18. The average molecular weight is 757 g/mol. The molecule has 0 N–H and O–H groups in total. The van der Waals surface area contributed by atoms with Gasteiger partial charge in [0.25, 0.3) is 0 Å². The van der Waals surface area contributed by atoms with Crippen molar-refractivity contribution in [1.29, 1.82) is 0 Å². The largest absolute Gasteiger partial charge is 0.309 e. The summed E-state index contributed by atoms with van der Waals surface area (Å²) in [6.45, 7) is 0. The molecule has 3 aromatic heterocycles. The maximum Gasteiger partial charge on any atom is 0.165 e.